The van der Waals surface area contributed by atoms with E-state index in [1.165, 1.54) is 0 Å². The van der Waals surface area contributed by atoms with E-state index in [1.807, 2.05) is 0 Å². The van der Waals surface area contributed by atoms with Gasteiger partial charge in [0.25, 0.3) is 0 Å². The largest absolute Gasteiger partial charge is 0.497 e. The van der Waals surface area contributed by atoms with Crippen molar-refractivity contribution < 1.29 is 22.7 Å². The molecule has 0 aromatic heterocycles. The molecule has 0 aliphatic carbocycles. The fraction of sp³-hybridized carbons (Fsp3) is 0.533. The van der Waals surface area contributed by atoms with Gasteiger partial charge in [-0.15, -0.1) is 0 Å². The molecule has 0 radical (unpaired) electrons. The monoisotopic (exact) mass is 344 g/mol. The average molecular weight is 344 g/mol. The van der Waals surface area contributed by atoms with Crippen molar-refractivity contribution in [2.24, 2.45) is 0 Å². The van der Waals surface area contributed by atoms with Crippen molar-refractivity contribution in [3.63, 3.8) is 0 Å². The second-order valence-corrected chi connectivity index (χ2v) is 7.21. The van der Waals surface area contributed by atoms with Crippen LogP contribution in [0.5, 0.6) is 11.5 Å². The van der Waals surface area contributed by atoms with E-state index >= 15 is 0 Å². The van der Waals surface area contributed by atoms with Crippen molar-refractivity contribution in [1.29, 1.82) is 0 Å². The van der Waals surface area contributed by atoms with Crippen molar-refractivity contribution in [2.75, 3.05) is 33.1 Å². The first kappa shape index (κ1) is 19.2. The van der Waals surface area contributed by atoms with Crippen LogP contribution in [0.1, 0.15) is 13.8 Å². The average Bonchev–Trinajstić information content (AvgIpc) is 2.48. The lowest BCUT2D eigenvalue weighted by Crippen LogP contribution is -2.44. The number of methoxy groups -OCH3 is 1. The molecule has 0 aliphatic heterocycles. The number of hydrogen-bond donors (Lipinski definition) is 1. The molecule has 1 amide bonds. The molecule has 0 bridgehead atoms. The number of ether oxygens (including phenoxy) is 2. The third-order valence-corrected chi connectivity index (χ3v) is 4.46. The van der Waals surface area contributed by atoms with Crippen LogP contribution in [-0.2, 0) is 14.8 Å². The zero-order valence-corrected chi connectivity index (χ0v) is 14.7. The number of sulfonamides is 1. The summed E-state index contributed by atoms with van der Waals surface area (Å²) >= 11 is 0. The van der Waals surface area contributed by atoms with E-state index in [0.717, 1.165) is 16.3 Å². The Morgan fingerprint density at radius 2 is 1.78 bits per heavy atom. The van der Waals surface area contributed by atoms with Crippen LogP contribution in [0.25, 0.3) is 0 Å². The first-order valence-electron chi connectivity index (χ1n) is 7.24. The van der Waals surface area contributed by atoms with Crippen LogP contribution in [-0.4, -0.2) is 57.7 Å². The zero-order valence-electron chi connectivity index (χ0n) is 13.9. The second kappa shape index (κ2) is 8.73. The number of carbonyl (C=O) groups is 1. The second-order valence-electron chi connectivity index (χ2n) is 5.28. The van der Waals surface area contributed by atoms with E-state index in [4.69, 9.17) is 9.47 Å². The molecule has 0 spiro atoms. The van der Waals surface area contributed by atoms with Crippen LogP contribution in [0.3, 0.4) is 0 Å². The lowest BCUT2D eigenvalue weighted by Gasteiger charge is -2.23. The molecule has 0 heterocycles. The number of rotatable bonds is 9. The Labute approximate surface area is 137 Å². The van der Waals surface area contributed by atoms with Gasteiger partial charge in [-0.25, -0.2) is 8.42 Å². The predicted octanol–water partition coefficient (Wildman–Crippen LogP) is 0.860. The summed E-state index contributed by atoms with van der Waals surface area (Å²) < 4.78 is 34.8. The van der Waals surface area contributed by atoms with Crippen LogP contribution in [0, 0.1) is 0 Å². The van der Waals surface area contributed by atoms with Gasteiger partial charge in [-0.3, -0.25) is 4.79 Å². The Kier molecular flexibility index (Phi) is 7.31. The molecule has 7 nitrogen and oxygen atoms in total. The zero-order chi connectivity index (χ0) is 17.5. The molecule has 8 heteroatoms. The highest BCUT2D eigenvalue weighted by Gasteiger charge is 2.22. The van der Waals surface area contributed by atoms with Crippen molar-refractivity contribution in [3.05, 3.63) is 24.3 Å². The highest BCUT2D eigenvalue weighted by Crippen LogP contribution is 2.16. The maximum absolute atomic E-state index is 11.8. The Morgan fingerprint density at radius 1 is 1.22 bits per heavy atom. The van der Waals surface area contributed by atoms with E-state index in [-0.39, 0.29) is 18.5 Å². The molecular weight excluding hydrogens is 320 g/mol. The first-order chi connectivity index (χ1) is 10.7. The van der Waals surface area contributed by atoms with E-state index in [9.17, 15) is 13.2 Å². The molecule has 23 heavy (non-hydrogen) atoms. The molecule has 0 saturated heterocycles. The molecule has 0 saturated carbocycles. The van der Waals surface area contributed by atoms with E-state index < -0.39 is 10.0 Å². The first-order valence-corrected chi connectivity index (χ1v) is 9.09. The normalized spacial score (nSPS) is 11.6. The van der Waals surface area contributed by atoms with E-state index in [2.05, 4.69) is 5.32 Å². The molecule has 130 valence electrons. The van der Waals surface area contributed by atoms with Crippen molar-refractivity contribution in [1.82, 2.24) is 9.62 Å². The Balaban J connectivity index is 2.35. The molecule has 1 rings (SSSR count). The summed E-state index contributed by atoms with van der Waals surface area (Å²) in [5.41, 5.74) is 0. The molecule has 1 aromatic rings. The van der Waals surface area contributed by atoms with Gasteiger partial charge < -0.3 is 14.8 Å². The molecule has 1 aromatic carbocycles. The van der Waals surface area contributed by atoms with Gasteiger partial charge in [-0.1, -0.05) is 0 Å². The topological polar surface area (TPSA) is 84.9 Å². The number of benzene rings is 1. The lowest BCUT2D eigenvalue weighted by atomic mass is 10.3. The van der Waals surface area contributed by atoms with Crippen LogP contribution in [0.2, 0.25) is 0 Å². The van der Waals surface area contributed by atoms with Crippen LogP contribution >= 0.6 is 0 Å². The van der Waals surface area contributed by atoms with Crippen molar-refractivity contribution in [3.8, 4) is 11.5 Å². The molecule has 1 N–H and O–H groups in total. The van der Waals surface area contributed by atoms with Gasteiger partial charge in [0.2, 0.25) is 15.9 Å². The number of nitrogens with one attached hydrogen (secondary N) is 1. The van der Waals surface area contributed by atoms with Gasteiger partial charge >= 0.3 is 0 Å². The molecule has 0 aliphatic rings. The predicted molar refractivity (Wildman–Crippen MR) is 88.2 cm³/mol. The summed E-state index contributed by atoms with van der Waals surface area (Å²) in [5.74, 6) is 1.04. The Hall–Kier alpha value is -1.80. The van der Waals surface area contributed by atoms with Gasteiger partial charge in [0.05, 0.1) is 26.5 Å². The number of amides is 1. The summed E-state index contributed by atoms with van der Waals surface area (Å²) in [7, 11) is -1.82. The maximum atomic E-state index is 11.8. The molecular formula is C15H24N2O5S. The maximum Gasteiger partial charge on any atom is 0.235 e. The van der Waals surface area contributed by atoms with Crippen LogP contribution in [0.15, 0.2) is 24.3 Å². The third-order valence-electron chi connectivity index (χ3n) is 3.05. The highest BCUT2D eigenvalue weighted by atomic mass is 32.2. The van der Waals surface area contributed by atoms with Crippen LogP contribution < -0.4 is 14.8 Å². The quantitative estimate of drug-likeness (QED) is 0.672. The molecule has 0 atom stereocenters. The van der Waals surface area contributed by atoms with Gasteiger partial charge in [-0.2, -0.15) is 4.31 Å². The summed E-state index contributed by atoms with van der Waals surface area (Å²) in [4.78, 5) is 11.8. The van der Waals surface area contributed by atoms with Crippen LogP contribution in [0.4, 0.5) is 0 Å². The smallest absolute Gasteiger partial charge is 0.235 e. The SMILES string of the molecule is COc1ccc(OCCNC(=O)CN(C(C)C)S(C)(=O)=O)cc1. The van der Waals surface area contributed by atoms with Gasteiger partial charge in [0.1, 0.15) is 18.1 Å². The fourth-order valence-electron chi connectivity index (χ4n) is 1.91. The fourth-order valence-corrected chi connectivity index (χ4v) is 3.03. The third kappa shape index (κ3) is 6.87. The minimum atomic E-state index is -3.41. The lowest BCUT2D eigenvalue weighted by molar-refractivity contribution is -0.121. The van der Waals surface area contributed by atoms with Crippen molar-refractivity contribution in [2.45, 2.75) is 19.9 Å². The summed E-state index contributed by atoms with van der Waals surface area (Å²) in [6.07, 6.45) is 1.09. The number of hydrogen-bond acceptors (Lipinski definition) is 5. The highest BCUT2D eigenvalue weighted by molar-refractivity contribution is 7.88. The minimum Gasteiger partial charge on any atom is -0.497 e. The molecule has 0 fully saturated rings. The minimum absolute atomic E-state index is 0.195. The summed E-state index contributed by atoms with van der Waals surface area (Å²) in [5, 5.41) is 2.64. The van der Waals surface area contributed by atoms with Gasteiger partial charge in [0.15, 0.2) is 0 Å². The van der Waals surface area contributed by atoms with Crippen molar-refractivity contribution >= 4 is 15.9 Å². The summed E-state index contributed by atoms with van der Waals surface area (Å²) in [6.45, 7) is 3.83. The van der Waals surface area contributed by atoms with Gasteiger partial charge in [0, 0.05) is 6.04 Å². The number of carbonyl (C=O) groups excluding carboxylic acids is 1. The Morgan fingerprint density at radius 3 is 2.26 bits per heavy atom. The van der Waals surface area contributed by atoms with E-state index in [0.29, 0.717) is 18.9 Å². The van der Waals surface area contributed by atoms with E-state index in [1.54, 1.807) is 45.2 Å². The number of nitrogens with zero attached hydrogens (tertiary/aromatic N) is 1. The Bertz CT molecular complexity index is 599. The molecule has 0 unspecified atom stereocenters. The standard InChI is InChI=1S/C15H24N2O5S/c1-12(2)17(23(4,19)20)11-15(18)16-9-10-22-14-7-5-13(21-3)6-8-14/h5-8,12H,9-11H2,1-4H3,(H,16,18). The van der Waals surface area contributed by atoms with Gasteiger partial charge in [-0.05, 0) is 38.1 Å². The summed E-state index contributed by atoms with van der Waals surface area (Å²) in [6, 6.07) is 6.82.